The van der Waals surface area contributed by atoms with Crippen molar-refractivity contribution in [2.45, 2.75) is 78.4 Å². The number of likely N-dealkylation sites (tertiary alicyclic amines) is 1. The Morgan fingerprint density at radius 1 is 0.860 bits per heavy atom. The molecule has 6 amide bonds. The lowest BCUT2D eigenvalue weighted by Crippen LogP contribution is -2.74. The maximum Gasteiger partial charge on any atom is 0.262 e. The van der Waals surface area contributed by atoms with Crippen LogP contribution < -0.4 is 10.1 Å². The Balaban J connectivity index is 0.801. The Bertz CT molecular complexity index is 2340. The van der Waals surface area contributed by atoms with Crippen LogP contribution in [0.2, 0.25) is 5.02 Å². The summed E-state index contributed by atoms with van der Waals surface area (Å²) in [5.74, 6) is -1.36. The van der Waals surface area contributed by atoms with Crippen LogP contribution in [-0.4, -0.2) is 92.9 Å². The number of fused-ring (bicyclic) bond motifs is 3. The minimum absolute atomic E-state index is 0.0590. The van der Waals surface area contributed by atoms with Gasteiger partial charge in [0.25, 0.3) is 23.6 Å². The first kappa shape index (κ1) is 37.0. The number of imide groups is 2. The highest BCUT2D eigenvalue weighted by molar-refractivity contribution is 6.31. The zero-order valence-corrected chi connectivity index (χ0v) is 32.8. The van der Waals surface area contributed by atoms with Gasteiger partial charge in [0.2, 0.25) is 11.8 Å². The average molecular weight is 789 g/mol. The van der Waals surface area contributed by atoms with Crippen LogP contribution in [-0.2, 0) is 29.2 Å². The Morgan fingerprint density at radius 3 is 2.14 bits per heavy atom. The van der Waals surface area contributed by atoms with E-state index in [2.05, 4.69) is 44.0 Å². The molecule has 5 heterocycles. The monoisotopic (exact) mass is 788 g/mol. The molecule has 292 valence electrons. The summed E-state index contributed by atoms with van der Waals surface area (Å²) < 4.78 is 6.45. The van der Waals surface area contributed by atoms with E-state index in [1.807, 2.05) is 15.9 Å². The number of benzene rings is 3. The van der Waals surface area contributed by atoms with Gasteiger partial charge in [-0.1, -0.05) is 39.3 Å². The van der Waals surface area contributed by atoms with Gasteiger partial charge < -0.3 is 14.5 Å². The van der Waals surface area contributed by atoms with Gasteiger partial charge in [0.05, 0.1) is 21.7 Å². The van der Waals surface area contributed by atoms with Gasteiger partial charge in [-0.15, -0.1) is 0 Å². The number of rotatable bonds is 7. The van der Waals surface area contributed by atoms with Crippen LogP contribution in [0.1, 0.15) is 104 Å². The predicted molar refractivity (Wildman–Crippen MR) is 205 cm³/mol. The summed E-state index contributed by atoms with van der Waals surface area (Å²) in [6.45, 7) is 11.9. The van der Waals surface area contributed by atoms with Crippen molar-refractivity contribution >= 4 is 47.0 Å². The van der Waals surface area contributed by atoms with E-state index >= 15 is 0 Å². The first-order valence-corrected chi connectivity index (χ1v) is 19.6. The molecule has 0 aromatic heterocycles. The van der Waals surface area contributed by atoms with Gasteiger partial charge in [-0.05, 0) is 65.6 Å². The SMILES string of the molecule is CC1(C)C(Oc2ccc(C#N)c(Cl)c2)C(C)(C)C1N1Cc2cc(C(=O)N3CC(CN4Cc5cc6c(cc5C4)C(=O)N(C4CCC(=O)NC4=O)C6=O)C3)ccc2C1=O. The number of ether oxygens (including phenoxy) is 1. The Kier molecular flexibility index (Phi) is 8.43. The molecule has 13 nitrogen and oxygen atoms in total. The second-order valence-corrected chi connectivity index (χ2v) is 17.9. The van der Waals surface area contributed by atoms with Gasteiger partial charge in [0.1, 0.15) is 24.0 Å². The molecule has 1 saturated carbocycles. The first-order valence-electron chi connectivity index (χ1n) is 19.3. The molecular formula is C43H41ClN6O7. The molecule has 0 bridgehead atoms. The lowest BCUT2D eigenvalue weighted by molar-refractivity contribution is -0.199. The molecule has 14 heteroatoms. The summed E-state index contributed by atoms with van der Waals surface area (Å²) in [4.78, 5) is 85.1. The Morgan fingerprint density at radius 2 is 1.53 bits per heavy atom. The molecule has 2 saturated heterocycles. The quantitative estimate of drug-likeness (QED) is 0.339. The van der Waals surface area contributed by atoms with E-state index < -0.39 is 40.5 Å². The van der Waals surface area contributed by atoms with E-state index in [9.17, 15) is 34.0 Å². The number of hydrogen-bond donors (Lipinski definition) is 1. The van der Waals surface area contributed by atoms with E-state index in [0.29, 0.717) is 60.2 Å². The number of halogens is 1. The number of carbonyl (C=O) groups excluding carboxylic acids is 6. The normalized spacial score (nSPS) is 24.7. The summed E-state index contributed by atoms with van der Waals surface area (Å²) in [7, 11) is 0. The topological polar surface area (TPSA) is 160 Å². The van der Waals surface area contributed by atoms with Gasteiger partial charge in [-0.25, -0.2) is 0 Å². The van der Waals surface area contributed by atoms with Gasteiger partial charge in [-0.2, -0.15) is 5.26 Å². The number of nitrogens with zero attached hydrogens (tertiary/aromatic N) is 5. The van der Waals surface area contributed by atoms with Crippen molar-refractivity contribution in [3.05, 3.63) is 98.1 Å². The van der Waals surface area contributed by atoms with Crippen molar-refractivity contribution in [2.24, 2.45) is 16.7 Å². The molecule has 3 fully saturated rings. The minimum atomic E-state index is -0.996. The summed E-state index contributed by atoms with van der Waals surface area (Å²) in [6, 6.07) is 14.9. The fourth-order valence-corrected chi connectivity index (χ4v) is 10.9. The van der Waals surface area contributed by atoms with E-state index in [1.54, 1.807) is 42.5 Å². The van der Waals surface area contributed by atoms with Crippen LogP contribution in [0.4, 0.5) is 0 Å². The number of nitriles is 1. The summed E-state index contributed by atoms with van der Waals surface area (Å²) in [5.41, 5.74) is 4.05. The molecule has 1 unspecified atom stereocenters. The molecule has 0 spiro atoms. The summed E-state index contributed by atoms with van der Waals surface area (Å²) in [5, 5.41) is 11.8. The third kappa shape index (κ3) is 5.75. The number of hydrogen-bond acceptors (Lipinski definition) is 9. The average Bonchev–Trinajstić information content (AvgIpc) is 3.77. The highest BCUT2D eigenvalue weighted by atomic mass is 35.5. The number of nitrogens with one attached hydrogen (secondary N) is 1. The standard InChI is InChI=1S/C43H41ClN6O7/c1-42(2)40(43(3,4)41(42)57-28-7-5-24(15-45)32(44)14-28)49-21-27-11-23(6-8-29(27)37(49)54)36(53)48-17-22(18-48)16-47-19-25-12-30-31(13-26(25)20-47)39(56)50(38(30)55)33-9-10-34(51)46-35(33)52/h5-8,11-14,22,33,40-41H,9-10,16-21H2,1-4H3,(H,46,51,52). The van der Waals surface area contributed by atoms with E-state index in [0.717, 1.165) is 28.1 Å². The third-order valence-electron chi connectivity index (χ3n) is 12.9. The van der Waals surface area contributed by atoms with Crippen LogP contribution in [0.15, 0.2) is 48.5 Å². The molecule has 9 rings (SSSR count). The van der Waals surface area contributed by atoms with Crippen LogP contribution in [0, 0.1) is 28.1 Å². The van der Waals surface area contributed by atoms with Crippen molar-refractivity contribution < 1.29 is 33.5 Å². The molecular weight excluding hydrogens is 748 g/mol. The van der Waals surface area contributed by atoms with Gasteiger partial charge in [-0.3, -0.25) is 43.9 Å². The predicted octanol–water partition coefficient (Wildman–Crippen LogP) is 4.54. The third-order valence-corrected chi connectivity index (χ3v) is 13.2. The van der Waals surface area contributed by atoms with Crippen molar-refractivity contribution in [1.82, 2.24) is 24.9 Å². The zero-order valence-electron chi connectivity index (χ0n) is 32.1. The van der Waals surface area contributed by atoms with Crippen LogP contribution in [0.5, 0.6) is 5.75 Å². The fourth-order valence-electron chi connectivity index (χ4n) is 10.7. The molecule has 1 atom stereocenters. The Hall–Kier alpha value is -5.58. The van der Waals surface area contributed by atoms with Crippen molar-refractivity contribution in [3.63, 3.8) is 0 Å². The highest BCUT2D eigenvalue weighted by Crippen LogP contribution is 2.59. The maximum absolute atomic E-state index is 13.8. The molecule has 0 radical (unpaired) electrons. The van der Waals surface area contributed by atoms with Crippen LogP contribution >= 0.6 is 11.6 Å². The molecule has 5 aliphatic heterocycles. The molecule has 57 heavy (non-hydrogen) atoms. The van der Waals surface area contributed by atoms with Crippen LogP contribution in [0.3, 0.4) is 0 Å². The van der Waals surface area contributed by atoms with E-state index in [4.69, 9.17) is 16.3 Å². The van der Waals surface area contributed by atoms with Crippen molar-refractivity contribution in [1.29, 1.82) is 5.26 Å². The lowest BCUT2D eigenvalue weighted by atomic mass is 9.49. The molecule has 3 aromatic rings. The molecule has 6 aliphatic rings. The number of carbonyl (C=O) groups is 6. The van der Waals surface area contributed by atoms with Crippen molar-refractivity contribution in [2.75, 3.05) is 19.6 Å². The molecule has 1 N–H and O–H groups in total. The summed E-state index contributed by atoms with van der Waals surface area (Å²) in [6.07, 6.45) is -0.0412. The first-order chi connectivity index (χ1) is 27.1. The minimum Gasteiger partial charge on any atom is -0.489 e. The van der Waals surface area contributed by atoms with Gasteiger partial charge >= 0.3 is 0 Å². The molecule has 1 aliphatic carbocycles. The second kappa shape index (κ2) is 13.0. The van der Waals surface area contributed by atoms with E-state index in [-0.39, 0.29) is 53.8 Å². The Labute approximate surface area is 334 Å². The molecule has 3 aromatic carbocycles. The summed E-state index contributed by atoms with van der Waals surface area (Å²) >= 11 is 6.28. The zero-order chi connectivity index (χ0) is 40.3. The van der Waals surface area contributed by atoms with Crippen molar-refractivity contribution in [3.8, 4) is 11.8 Å². The van der Waals surface area contributed by atoms with E-state index in [1.165, 1.54) is 0 Å². The maximum atomic E-state index is 13.8. The number of amides is 6. The lowest BCUT2D eigenvalue weighted by Gasteiger charge is -2.65. The number of piperidine rings is 1. The highest BCUT2D eigenvalue weighted by Gasteiger charge is 2.67. The second-order valence-electron chi connectivity index (χ2n) is 17.5. The van der Waals surface area contributed by atoms with Crippen LogP contribution in [0.25, 0.3) is 0 Å². The van der Waals surface area contributed by atoms with Gasteiger partial charge in [0, 0.05) is 85.7 Å². The largest absolute Gasteiger partial charge is 0.489 e. The van der Waals surface area contributed by atoms with Gasteiger partial charge in [0.15, 0.2) is 0 Å². The fraction of sp³-hybridized carbons (Fsp3) is 0.419. The smallest absolute Gasteiger partial charge is 0.262 e.